The number of hydrogen-bond donors (Lipinski definition) is 1. The summed E-state index contributed by atoms with van der Waals surface area (Å²) in [5.41, 5.74) is 0.589. The van der Waals surface area contributed by atoms with Crippen LogP contribution in [0.2, 0.25) is 0 Å². The van der Waals surface area contributed by atoms with Gasteiger partial charge in [0.25, 0.3) is 0 Å². The molecule has 1 heteroatoms. The van der Waals surface area contributed by atoms with Crippen LogP contribution in [0.1, 0.15) is 66.2 Å². The maximum Gasteiger partial charge on any atom is 0.00104 e. The molecule has 0 amide bonds. The summed E-state index contributed by atoms with van der Waals surface area (Å²) in [7, 11) is 0. The first kappa shape index (κ1) is 14.0. The molecule has 1 N–H and O–H groups in total. The molecule has 0 aromatic heterocycles. The summed E-state index contributed by atoms with van der Waals surface area (Å²) in [6.45, 7) is 11.8. The molecule has 1 aliphatic rings. The zero-order chi connectivity index (χ0) is 12.0. The third kappa shape index (κ3) is 3.48. The highest BCUT2D eigenvalue weighted by Crippen LogP contribution is 2.44. The Labute approximate surface area is 102 Å². The molecule has 0 bridgehead atoms. The van der Waals surface area contributed by atoms with E-state index in [9.17, 15) is 0 Å². The number of rotatable bonds is 7. The predicted octanol–water partition coefficient (Wildman–Crippen LogP) is 4.23. The molecule has 0 spiro atoms. The van der Waals surface area contributed by atoms with Crippen LogP contribution in [-0.2, 0) is 0 Å². The molecule has 0 aromatic carbocycles. The Morgan fingerprint density at radius 3 is 2.12 bits per heavy atom. The molecule has 1 aliphatic carbocycles. The fourth-order valence-corrected chi connectivity index (χ4v) is 3.37. The SMILES string of the molecule is CCC(CC)(CNCC(C)C)C1CCCC1. The van der Waals surface area contributed by atoms with Crippen LogP contribution in [0.5, 0.6) is 0 Å². The van der Waals surface area contributed by atoms with E-state index >= 15 is 0 Å². The molecule has 0 radical (unpaired) electrons. The normalized spacial score (nSPS) is 18.6. The lowest BCUT2D eigenvalue weighted by Gasteiger charge is -2.38. The van der Waals surface area contributed by atoms with Crippen molar-refractivity contribution >= 4 is 0 Å². The molecular weight excluding hydrogens is 194 g/mol. The highest BCUT2D eigenvalue weighted by Gasteiger charge is 2.36. The molecule has 1 nitrogen and oxygen atoms in total. The van der Waals surface area contributed by atoms with Gasteiger partial charge in [-0.05, 0) is 49.5 Å². The average molecular weight is 225 g/mol. The fourth-order valence-electron chi connectivity index (χ4n) is 3.37. The van der Waals surface area contributed by atoms with Gasteiger partial charge in [0.1, 0.15) is 0 Å². The van der Waals surface area contributed by atoms with Crippen LogP contribution in [0, 0.1) is 17.3 Å². The monoisotopic (exact) mass is 225 g/mol. The standard InChI is InChI=1S/C15H31N/c1-5-15(6-2,12-16-11-13(3)4)14-9-7-8-10-14/h13-14,16H,5-12H2,1-4H3. The van der Waals surface area contributed by atoms with Crippen LogP contribution in [0.4, 0.5) is 0 Å². The van der Waals surface area contributed by atoms with Crippen molar-refractivity contribution < 1.29 is 0 Å². The number of hydrogen-bond acceptors (Lipinski definition) is 1. The van der Waals surface area contributed by atoms with Gasteiger partial charge in [-0.1, -0.05) is 40.5 Å². The molecule has 0 aliphatic heterocycles. The molecule has 16 heavy (non-hydrogen) atoms. The summed E-state index contributed by atoms with van der Waals surface area (Å²) in [6, 6.07) is 0. The lowest BCUT2D eigenvalue weighted by atomic mass is 9.70. The van der Waals surface area contributed by atoms with Crippen molar-refractivity contribution in [3.8, 4) is 0 Å². The minimum absolute atomic E-state index is 0.589. The highest BCUT2D eigenvalue weighted by molar-refractivity contribution is 4.89. The van der Waals surface area contributed by atoms with E-state index in [-0.39, 0.29) is 0 Å². The maximum absolute atomic E-state index is 3.70. The zero-order valence-corrected chi connectivity index (χ0v) is 11.8. The van der Waals surface area contributed by atoms with Crippen LogP contribution < -0.4 is 5.32 Å². The van der Waals surface area contributed by atoms with Crippen LogP contribution in [-0.4, -0.2) is 13.1 Å². The van der Waals surface area contributed by atoms with E-state index in [2.05, 4.69) is 33.0 Å². The Morgan fingerprint density at radius 1 is 1.12 bits per heavy atom. The summed E-state index contributed by atoms with van der Waals surface area (Å²) in [5, 5.41) is 3.70. The largest absolute Gasteiger partial charge is 0.316 e. The van der Waals surface area contributed by atoms with Crippen molar-refractivity contribution in [1.29, 1.82) is 0 Å². The first-order valence-electron chi connectivity index (χ1n) is 7.35. The van der Waals surface area contributed by atoms with Gasteiger partial charge >= 0.3 is 0 Å². The van der Waals surface area contributed by atoms with Crippen molar-refractivity contribution in [3.63, 3.8) is 0 Å². The Bertz CT molecular complexity index is 176. The Hall–Kier alpha value is -0.0400. The lowest BCUT2D eigenvalue weighted by molar-refractivity contribution is 0.140. The summed E-state index contributed by atoms with van der Waals surface area (Å²) in [6.07, 6.45) is 8.59. The van der Waals surface area contributed by atoms with Gasteiger partial charge in [-0.3, -0.25) is 0 Å². The van der Waals surface area contributed by atoms with Crippen LogP contribution in [0.25, 0.3) is 0 Å². The van der Waals surface area contributed by atoms with Gasteiger partial charge in [0.2, 0.25) is 0 Å². The van der Waals surface area contributed by atoms with E-state index in [1.165, 1.54) is 51.6 Å². The minimum atomic E-state index is 0.589. The molecule has 1 saturated carbocycles. The second-order valence-corrected chi connectivity index (χ2v) is 6.08. The van der Waals surface area contributed by atoms with E-state index < -0.39 is 0 Å². The topological polar surface area (TPSA) is 12.0 Å². The van der Waals surface area contributed by atoms with Gasteiger partial charge in [0, 0.05) is 6.54 Å². The molecule has 96 valence electrons. The predicted molar refractivity (Wildman–Crippen MR) is 72.7 cm³/mol. The molecule has 0 saturated heterocycles. The zero-order valence-electron chi connectivity index (χ0n) is 11.8. The molecule has 0 heterocycles. The first-order chi connectivity index (χ1) is 7.64. The summed E-state index contributed by atoms with van der Waals surface area (Å²) in [4.78, 5) is 0. The van der Waals surface area contributed by atoms with E-state index in [4.69, 9.17) is 0 Å². The summed E-state index contributed by atoms with van der Waals surface area (Å²) >= 11 is 0. The van der Waals surface area contributed by atoms with Gasteiger partial charge in [-0.25, -0.2) is 0 Å². The summed E-state index contributed by atoms with van der Waals surface area (Å²) < 4.78 is 0. The Morgan fingerprint density at radius 2 is 1.69 bits per heavy atom. The van der Waals surface area contributed by atoms with Gasteiger partial charge in [-0.2, -0.15) is 0 Å². The van der Waals surface area contributed by atoms with Crippen molar-refractivity contribution in [2.75, 3.05) is 13.1 Å². The van der Waals surface area contributed by atoms with E-state index in [1.807, 2.05) is 0 Å². The Balaban J connectivity index is 2.49. The second kappa shape index (κ2) is 6.64. The van der Waals surface area contributed by atoms with Gasteiger partial charge in [-0.15, -0.1) is 0 Å². The average Bonchev–Trinajstić information content (AvgIpc) is 2.78. The first-order valence-corrected chi connectivity index (χ1v) is 7.35. The minimum Gasteiger partial charge on any atom is -0.316 e. The van der Waals surface area contributed by atoms with Crippen molar-refractivity contribution in [2.45, 2.75) is 66.2 Å². The van der Waals surface area contributed by atoms with Crippen molar-refractivity contribution in [2.24, 2.45) is 17.3 Å². The van der Waals surface area contributed by atoms with Gasteiger partial charge in [0.05, 0.1) is 0 Å². The van der Waals surface area contributed by atoms with E-state index in [0.717, 1.165) is 11.8 Å². The van der Waals surface area contributed by atoms with Gasteiger partial charge < -0.3 is 5.32 Å². The molecule has 0 aromatic rings. The second-order valence-electron chi connectivity index (χ2n) is 6.08. The quantitative estimate of drug-likeness (QED) is 0.684. The molecule has 0 unspecified atom stereocenters. The van der Waals surface area contributed by atoms with Crippen LogP contribution >= 0.6 is 0 Å². The summed E-state index contributed by atoms with van der Waals surface area (Å²) in [5.74, 6) is 1.76. The van der Waals surface area contributed by atoms with E-state index in [0.29, 0.717) is 5.41 Å². The molecule has 1 fully saturated rings. The van der Waals surface area contributed by atoms with Crippen LogP contribution in [0.3, 0.4) is 0 Å². The van der Waals surface area contributed by atoms with Crippen molar-refractivity contribution in [3.05, 3.63) is 0 Å². The molecule has 0 atom stereocenters. The molecular formula is C15H31N. The smallest absolute Gasteiger partial charge is 0.00104 e. The lowest BCUT2D eigenvalue weighted by Crippen LogP contribution is -2.40. The fraction of sp³-hybridized carbons (Fsp3) is 1.00. The third-order valence-electron chi connectivity index (χ3n) is 4.66. The van der Waals surface area contributed by atoms with Crippen LogP contribution in [0.15, 0.2) is 0 Å². The van der Waals surface area contributed by atoms with Crippen molar-refractivity contribution in [1.82, 2.24) is 5.32 Å². The number of nitrogens with one attached hydrogen (secondary N) is 1. The van der Waals surface area contributed by atoms with E-state index in [1.54, 1.807) is 0 Å². The highest BCUT2D eigenvalue weighted by atomic mass is 14.9. The van der Waals surface area contributed by atoms with Gasteiger partial charge in [0.15, 0.2) is 0 Å². The maximum atomic E-state index is 3.70. The third-order valence-corrected chi connectivity index (χ3v) is 4.66. The Kier molecular flexibility index (Phi) is 5.82. The molecule has 1 rings (SSSR count).